The summed E-state index contributed by atoms with van der Waals surface area (Å²) < 4.78 is 0. The molecular weight excluding hydrogens is 256 g/mol. The van der Waals surface area contributed by atoms with E-state index in [9.17, 15) is 4.79 Å². The summed E-state index contributed by atoms with van der Waals surface area (Å²) in [5.74, 6) is 0.568. The Labute approximate surface area is 118 Å². The Kier molecular flexibility index (Phi) is 3.63. The molecule has 0 saturated heterocycles. The lowest BCUT2D eigenvalue weighted by Gasteiger charge is -2.37. The van der Waals surface area contributed by atoms with Crippen molar-refractivity contribution in [3.8, 4) is 0 Å². The van der Waals surface area contributed by atoms with Crippen LogP contribution in [0.4, 0.5) is 0 Å². The van der Waals surface area contributed by atoms with Gasteiger partial charge in [0.05, 0.1) is 6.04 Å². The lowest BCUT2D eigenvalue weighted by molar-refractivity contribution is -0.139. The van der Waals surface area contributed by atoms with Gasteiger partial charge in [-0.3, -0.25) is 4.79 Å². The molecule has 2 heterocycles. The van der Waals surface area contributed by atoms with Crippen LogP contribution < -0.4 is 5.73 Å². The van der Waals surface area contributed by atoms with Crippen molar-refractivity contribution in [1.29, 1.82) is 0 Å². The van der Waals surface area contributed by atoms with Crippen LogP contribution in [0.1, 0.15) is 49.1 Å². The van der Waals surface area contributed by atoms with E-state index in [1.165, 1.54) is 10.4 Å². The van der Waals surface area contributed by atoms with Crippen LogP contribution in [-0.4, -0.2) is 23.4 Å². The zero-order chi connectivity index (χ0) is 13.4. The molecule has 3 rings (SSSR count). The molecule has 1 aromatic heterocycles. The number of nitrogens with two attached hydrogens (primary N) is 1. The minimum atomic E-state index is 0.211. The van der Waals surface area contributed by atoms with Gasteiger partial charge in [0.2, 0.25) is 5.91 Å². The van der Waals surface area contributed by atoms with Gasteiger partial charge < -0.3 is 10.6 Å². The monoisotopic (exact) mass is 278 g/mol. The smallest absolute Gasteiger partial charge is 0.226 e. The zero-order valence-electron chi connectivity index (χ0n) is 11.5. The average Bonchev–Trinajstić information content (AvgIpc) is 2.88. The molecule has 3 nitrogen and oxygen atoms in total. The first-order chi connectivity index (χ1) is 9.16. The predicted octanol–water partition coefficient (Wildman–Crippen LogP) is 2.71. The highest BCUT2D eigenvalue weighted by atomic mass is 32.1. The van der Waals surface area contributed by atoms with Crippen LogP contribution in [0.2, 0.25) is 0 Å². The highest BCUT2D eigenvalue weighted by molar-refractivity contribution is 7.10. The van der Waals surface area contributed by atoms with Crippen LogP contribution in [-0.2, 0) is 11.2 Å². The summed E-state index contributed by atoms with van der Waals surface area (Å²) in [6.45, 7) is 3.05. The van der Waals surface area contributed by atoms with Crippen molar-refractivity contribution in [2.45, 2.75) is 51.1 Å². The molecule has 1 aliphatic heterocycles. The van der Waals surface area contributed by atoms with Gasteiger partial charge in [0.15, 0.2) is 0 Å². The third-order valence-corrected chi connectivity index (χ3v) is 5.68. The fraction of sp³-hybridized carbons (Fsp3) is 0.667. The van der Waals surface area contributed by atoms with E-state index in [2.05, 4.69) is 23.3 Å². The van der Waals surface area contributed by atoms with Crippen LogP contribution >= 0.6 is 11.3 Å². The summed E-state index contributed by atoms with van der Waals surface area (Å²) >= 11 is 1.82. The molecule has 104 valence electrons. The highest BCUT2D eigenvalue weighted by Gasteiger charge is 2.33. The van der Waals surface area contributed by atoms with Gasteiger partial charge in [-0.05, 0) is 56.0 Å². The van der Waals surface area contributed by atoms with Gasteiger partial charge in [-0.1, -0.05) is 0 Å². The van der Waals surface area contributed by atoms with E-state index in [1.54, 1.807) is 0 Å². The van der Waals surface area contributed by atoms with Gasteiger partial charge in [-0.15, -0.1) is 11.3 Å². The number of nitrogens with zero attached hydrogens (tertiary/aromatic N) is 1. The first-order valence-electron chi connectivity index (χ1n) is 7.29. The number of fused-ring (bicyclic) bond motifs is 1. The van der Waals surface area contributed by atoms with E-state index in [-0.39, 0.29) is 12.0 Å². The van der Waals surface area contributed by atoms with E-state index in [1.807, 2.05) is 11.3 Å². The lowest BCUT2D eigenvalue weighted by Crippen LogP contribution is -2.43. The van der Waals surface area contributed by atoms with Gasteiger partial charge in [0.1, 0.15) is 0 Å². The van der Waals surface area contributed by atoms with Gasteiger partial charge in [-0.25, -0.2) is 0 Å². The third-order valence-electron chi connectivity index (χ3n) is 4.68. The van der Waals surface area contributed by atoms with E-state index >= 15 is 0 Å². The van der Waals surface area contributed by atoms with Crippen molar-refractivity contribution in [3.05, 3.63) is 21.9 Å². The second kappa shape index (κ2) is 5.25. The maximum atomic E-state index is 12.7. The minimum absolute atomic E-state index is 0.211. The number of carbonyl (C=O) groups excluding carboxylic acids is 1. The Morgan fingerprint density at radius 3 is 2.84 bits per heavy atom. The molecule has 1 unspecified atom stereocenters. The Morgan fingerprint density at radius 1 is 1.37 bits per heavy atom. The van der Waals surface area contributed by atoms with Crippen LogP contribution in [0.5, 0.6) is 0 Å². The average molecular weight is 278 g/mol. The lowest BCUT2D eigenvalue weighted by atomic mass is 9.84. The number of amides is 1. The highest BCUT2D eigenvalue weighted by Crippen LogP contribution is 2.35. The third kappa shape index (κ3) is 2.43. The van der Waals surface area contributed by atoms with Crippen molar-refractivity contribution in [3.63, 3.8) is 0 Å². The molecule has 2 aliphatic rings. The standard InChI is InChI=1S/C15H22N2OS/c1-10-13-7-9-19-14(13)6-8-17(10)15(18)11-2-4-12(16)5-3-11/h7,9-12H,2-6,8,16H2,1H3. The molecule has 19 heavy (non-hydrogen) atoms. The predicted molar refractivity (Wildman–Crippen MR) is 78.1 cm³/mol. The van der Waals surface area contributed by atoms with Gasteiger partial charge in [-0.2, -0.15) is 0 Å². The number of hydrogen-bond donors (Lipinski definition) is 1. The second-order valence-corrected chi connectivity index (χ2v) is 6.87. The van der Waals surface area contributed by atoms with E-state index < -0.39 is 0 Å². The second-order valence-electron chi connectivity index (χ2n) is 5.87. The SMILES string of the molecule is CC1c2ccsc2CCN1C(=O)C1CCC(N)CC1. The van der Waals surface area contributed by atoms with Crippen molar-refractivity contribution >= 4 is 17.2 Å². The van der Waals surface area contributed by atoms with Crippen molar-refractivity contribution in [2.75, 3.05) is 6.54 Å². The van der Waals surface area contributed by atoms with Crippen LogP contribution in [0, 0.1) is 5.92 Å². The molecule has 1 amide bonds. The van der Waals surface area contributed by atoms with Crippen molar-refractivity contribution in [2.24, 2.45) is 11.7 Å². The van der Waals surface area contributed by atoms with Gasteiger partial charge in [0.25, 0.3) is 0 Å². The summed E-state index contributed by atoms with van der Waals surface area (Å²) in [4.78, 5) is 16.2. The first kappa shape index (κ1) is 13.1. The summed E-state index contributed by atoms with van der Waals surface area (Å²) in [5, 5.41) is 2.15. The van der Waals surface area contributed by atoms with Crippen LogP contribution in [0.3, 0.4) is 0 Å². The topological polar surface area (TPSA) is 46.3 Å². The van der Waals surface area contributed by atoms with E-state index in [0.717, 1.165) is 38.6 Å². The Bertz CT molecular complexity index is 462. The van der Waals surface area contributed by atoms with Gasteiger partial charge >= 0.3 is 0 Å². The molecule has 1 aromatic rings. The largest absolute Gasteiger partial charge is 0.335 e. The molecule has 1 aliphatic carbocycles. The van der Waals surface area contributed by atoms with Crippen molar-refractivity contribution < 1.29 is 4.79 Å². The summed E-state index contributed by atoms with van der Waals surface area (Å²) in [7, 11) is 0. The normalized spacial score (nSPS) is 31.1. The number of rotatable bonds is 1. The molecule has 1 fully saturated rings. The summed E-state index contributed by atoms with van der Waals surface area (Å²) in [6.07, 6.45) is 4.97. The molecule has 0 bridgehead atoms. The number of carbonyl (C=O) groups is 1. The van der Waals surface area contributed by atoms with Gasteiger partial charge in [0, 0.05) is 23.4 Å². The first-order valence-corrected chi connectivity index (χ1v) is 8.17. The maximum absolute atomic E-state index is 12.7. The van der Waals surface area contributed by atoms with E-state index in [0.29, 0.717) is 11.9 Å². The zero-order valence-corrected chi connectivity index (χ0v) is 12.3. The molecule has 4 heteroatoms. The summed E-state index contributed by atoms with van der Waals surface area (Å²) in [6, 6.07) is 2.74. The maximum Gasteiger partial charge on any atom is 0.226 e. The molecule has 2 N–H and O–H groups in total. The van der Waals surface area contributed by atoms with Crippen molar-refractivity contribution in [1.82, 2.24) is 4.90 Å². The molecule has 1 saturated carbocycles. The quantitative estimate of drug-likeness (QED) is 0.858. The molecular formula is C15H22N2OS. The fourth-order valence-corrected chi connectivity index (χ4v) is 4.37. The fourth-order valence-electron chi connectivity index (χ4n) is 3.41. The molecule has 0 radical (unpaired) electrons. The summed E-state index contributed by atoms with van der Waals surface area (Å²) in [5.41, 5.74) is 7.29. The Balaban J connectivity index is 1.71. The molecule has 1 atom stereocenters. The Hall–Kier alpha value is -0.870. The minimum Gasteiger partial charge on any atom is -0.335 e. The molecule has 0 spiro atoms. The number of hydrogen-bond acceptors (Lipinski definition) is 3. The van der Waals surface area contributed by atoms with Crippen LogP contribution in [0.25, 0.3) is 0 Å². The number of thiophene rings is 1. The van der Waals surface area contributed by atoms with E-state index in [4.69, 9.17) is 5.73 Å². The molecule has 0 aromatic carbocycles. The Morgan fingerprint density at radius 2 is 2.11 bits per heavy atom. The van der Waals surface area contributed by atoms with Crippen LogP contribution in [0.15, 0.2) is 11.4 Å².